The maximum absolute atomic E-state index is 2.63. The molecule has 296 valence electrons. The summed E-state index contributed by atoms with van der Waals surface area (Å²) in [6.45, 7) is 14.7. The standard InChI is InChI=1S/C57H57NS/c1-54(2)24-25-55(3,4)50-33-41(21-23-47(50)54)58(40-20-22-44-43-16-10-11-17-46(43)56(5,6)49(44)32-40)42-31-45(37-14-8-7-9-15-37)53-52(34-42)59-51-19-13-12-18-48(51)57(53)38-27-35-26-36(29-38)30-39(57)28-35/h7-23,31-36,38-39H,24-30H2,1-6H3. The molecule has 0 unspecified atom stereocenters. The number of hydrogen-bond acceptors (Lipinski definition) is 2. The van der Waals surface area contributed by atoms with Gasteiger partial charge in [-0.3, -0.25) is 0 Å². The van der Waals surface area contributed by atoms with Crippen LogP contribution in [-0.2, 0) is 21.7 Å². The van der Waals surface area contributed by atoms with Gasteiger partial charge in [0.05, 0.1) is 0 Å². The molecule has 59 heavy (non-hydrogen) atoms. The first-order chi connectivity index (χ1) is 28.4. The smallest absolute Gasteiger partial charge is 0.0479 e. The van der Waals surface area contributed by atoms with Crippen molar-refractivity contribution in [3.63, 3.8) is 0 Å². The Balaban J connectivity index is 1.13. The zero-order valence-corrected chi connectivity index (χ0v) is 36.6. The number of hydrogen-bond donors (Lipinski definition) is 0. The van der Waals surface area contributed by atoms with E-state index in [1.54, 1.807) is 11.1 Å². The summed E-state index contributed by atoms with van der Waals surface area (Å²) in [5.74, 6) is 3.18. The quantitative estimate of drug-likeness (QED) is 0.175. The highest BCUT2D eigenvalue weighted by molar-refractivity contribution is 7.99. The molecule has 0 saturated heterocycles. The molecule has 0 atom stereocenters. The Morgan fingerprint density at radius 2 is 1.05 bits per heavy atom. The molecule has 4 saturated carbocycles. The lowest BCUT2D eigenvalue weighted by molar-refractivity contribution is -0.0441. The SMILES string of the molecule is CC1(C)CCC(C)(C)c2cc(N(c3cc4c(c(-c5ccccc5)c3)C3(c5ccccc5S4)C4CC5CC(C4)CC3C5)c3ccc4c(c3)C(C)(C)c3ccccc3-4)ccc21. The lowest BCUT2D eigenvalue weighted by atomic mass is 9.41. The molecule has 0 amide bonds. The molecule has 2 heteroatoms. The van der Waals surface area contributed by atoms with Gasteiger partial charge in [-0.2, -0.15) is 0 Å². The van der Waals surface area contributed by atoms with Crippen LogP contribution >= 0.6 is 11.8 Å². The zero-order valence-electron chi connectivity index (χ0n) is 35.7. The average molecular weight is 788 g/mol. The van der Waals surface area contributed by atoms with Crippen molar-refractivity contribution in [3.05, 3.63) is 161 Å². The van der Waals surface area contributed by atoms with E-state index in [1.165, 1.54) is 116 Å². The second kappa shape index (κ2) is 12.5. The molecule has 13 rings (SSSR count). The minimum absolute atomic E-state index is 0.0456. The first-order valence-corrected chi connectivity index (χ1v) is 23.5. The van der Waals surface area contributed by atoms with E-state index in [2.05, 4.69) is 174 Å². The predicted octanol–water partition coefficient (Wildman–Crippen LogP) is 15.7. The van der Waals surface area contributed by atoms with Crippen LogP contribution in [0.15, 0.2) is 137 Å². The molecule has 7 aliphatic rings. The highest BCUT2D eigenvalue weighted by atomic mass is 32.2. The van der Waals surface area contributed by atoms with E-state index in [9.17, 15) is 0 Å². The van der Waals surface area contributed by atoms with Gasteiger partial charge in [-0.25, -0.2) is 0 Å². The number of nitrogens with zero attached hydrogens (tertiary/aromatic N) is 1. The van der Waals surface area contributed by atoms with E-state index in [0.717, 1.165) is 11.8 Å². The molecule has 4 bridgehead atoms. The van der Waals surface area contributed by atoms with Gasteiger partial charge in [0, 0.05) is 37.7 Å². The molecular formula is C57H57NS. The van der Waals surface area contributed by atoms with Gasteiger partial charge >= 0.3 is 0 Å². The summed E-state index contributed by atoms with van der Waals surface area (Å²) >= 11 is 2.04. The number of benzene rings is 6. The molecule has 1 spiro atoms. The molecule has 4 fully saturated rings. The molecule has 6 aromatic carbocycles. The van der Waals surface area contributed by atoms with E-state index in [4.69, 9.17) is 0 Å². The Bertz CT molecular complexity index is 2670. The second-order valence-electron chi connectivity index (χ2n) is 21.2. The third-order valence-corrected chi connectivity index (χ3v) is 17.9. The lowest BCUT2D eigenvalue weighted by Crippen LogP contribution is -2.57. The summed E-state index contributed by atoms with van der Waals surface area (Å²) in [5.41, 5.74) is 18.6. The minimum Gasteiger partial charge on any atom is -0.310 e. The molecule has 0 radical (unpaired) electrons. The van der Waals surface area contributed by atoms with Crippen LogP contribution in [0, 0.1) is 23.7 Å². The average Bonchev–Trinajstić information content (AvgIpc) is 3.46. The number of rotatable bonds is 4. The third-order valence-electron chi connectivity index (χ3n) is 16.7. The van der Waals surface area contributed by atoms with Gasteiger partial charge in [0.15, 0.2) is 0 Å². The van der Waals surface area contributed by atoms with Crippen molar-refractivity contribution in [1.29, 1.82) is 0 Å². The molecule has 0 N–H and O–H groups in total. The third kappa shape index (κ3) is 5.11. The molecule has 1 aliphatic heterocycles. The van der Waals surface area contributed by atoms with Gasteiger partial charge in [0.2, 0.25) is 0 Å². The van der Waals surface area contributed by atoms with Gasteiger partial charge in [-0.1, -0.05) is 138 Å². The molecular weight excluding hydrogens is 731 g/mol. The van der Waals surface area contributed by atoms with E-state index < -0.39 is 0 Å². The second-order valence-corrected chi connectivity index (χ2v) is 22.3. The monoisotopic (exact) mass is 787 g/mol. The fraction of sp³-hybridized carbons (Fsp3) is 0.368. The van der Waals surface area contributed by atoms with Gasteiger partial charge in [-0.05, 0) is 178 Å². The minimum atomic E-state index is -0.0913. The normalized spacial score (nSPS) is 26.7. The van der Waals surface area contributed by atoms with Gasteiger partial charge < -0.3 is 4.90 Å². The molecule has 1 heterocycles. The Kier molecular flexibility index (Phi) is 7.70. The highest BCUT2D eigenvalue weighted by Gasteiger charge is 2.61. The summed E-state index contributed by atoms with van der Waals surface area (Å²) < 4.78 is 0. The van der Waals surface area contributed by atoms with Crippen molar-refractivity contribution in [2.75, 3.05) is 4.90 Å². The van der Waals surface area contributed by atoms with E-state index in [1.807, 2.05) is 11.8 Å². The fourth-order valence-electron chi connectivity index (χ4n) is 14.0. The van der Waals surface area contributed by atoms with E-state index in [0.29, 0.717) is 11.8 Å². The Hall–Kier alpha value is -4.53. The zero-order chi connectivity index (χ0) is 40.1. The van der Waals surface area contributed by atoms with Crippen LogP contribution in [-0.4, -0.2) is 0 Å². The Morgan fingerprint density at radius 3 is 1.78 bits per heavy atom. The summed E-state index contributed by atoms with van der Waals surface area (Å²) in [6, 6.07) is 50.2. The Morgan fingerprint density at radius 1 is 0.458 bits per heavy atom. The van der Waals surface area contributed by atoms with Crippen LogP contribution in [0.3, 0.4) is 0 Å². The first-order valence-electron chi connectivity index (χ1n) is 22.6. The van der Waals surface area contributed by atoms with Crippen LogP contribution in [0.5, 0.6) is 0 Å². The van der Waals surface area contributed by atoms with Gasteiger partial charge in [0.1, 0.15) is 0 Å². The highest BCUT2D eigenvalue weighted by Crippen LogP contribution is 2.70. The van der Waals surface area contributed by atoms with Crippen molar-refractivity contribution in [1.82, 2.24) is 0 Å². The van der Waals surface area contributed by atoms with Crippen molar-refractivity contribution in [3.8, 4) is 22.3 Å². The number of anilines is 3. The van der Waals surface area contributed by atoms with Crippen LogP contribution < -0.4 is 4.90 Å². The Labute approximate surface area is 356 Å². The largest absolute Gasteiger partial charge is 0.310 e. The van der Waals surface area contributed by atoms with Crippen molar-refractivity contribution < 1.29 is 0 Å². The molecule has 6 aromatic rings. The van der Waals surface area contributed by atoms with E-state index in [-0.39, 0.29) is 21.7 Å². The maximum Gasteiger partial charge on any atom is 0.0479 e. The summed E-state index contributed by atoms with van der Waals surface area (Å²) in [7, 11) is 0. The van der Waals surface area contributed by atoms with Crippen LogP contribution in [0.25, 0.3) is 22.3 Å². The number of fused-ring (bicyclic) bond motifs is 6. The van der Waals surface area contributed by atoms with Crippen LogP contribution in [0.1, 0.15) is 120 Å². The summed E-state index contributed by atoms with van der Waals surface area (Å²) in [4.78, 5) is 5.57. The van der Waals surface area contributed by atoms with Crippen molar-refractivity contribution in [2.24, 2.45) is 23.7 Å². The topological polar surface area (TPSA) is 3.24 Å². The molecule has 6 aliphatic carbocycles. The van der Waals surface area contributed by atoms with Crippen molar-refractivity contribution >= 4 is 28.8 Å². The van der Waals surface area contributed by atoms with Gasteiger partial charge in [-0.15, -0.1) is 0 Å². The van der Waals surface area contributed by atoms with Crippen molar-refractivity contribution in [2.45, 2.75) is 118 Å². The molecule has 1 nitrogen and oxygen atoms in total. The predicted molar refractivity (Wildman–Crippen MR) is 248 cm³/mol. The van der Waals surface area contributed by atoms with Crippen LogP contribution in [0.2, 0.25) is 0 Å². The van der Waals surface area contributed by atoms with Crippen LogP contribution in [0.4, 0.5) is 17.1 Å². The first kappa shape index (κ1) is 36.3. The molecule has 0 aromatic heterocycles. The summed E-state index contributed by atoms with van der Waals surface area (Å²) in [5, 5.41) is 0. The fourth-order valence-corrected chi connectivity index (χ4v) is 15.3. The maximum atomic E-state index is 2.63. The van der Waals surface area contributed by atoms with Gasteiger partial charge in [0.25, 0.3) is 0 Å². The summed E-state index contributed by atoms with van der Waals surface area (Å²) in [6.07, 6.45) is 9.38. The van der Waals surface area contributed by atoms with E-state index >= 15 is 0 Å². The lowest BCUT2D eigenvalue weighted by Gasteiger charge is -2.63.